The van der Waals surface area contributed by atoms with E-state index in [9.17, 15) is 9.90 Å². The largest absolute Gasteiger partial charge is 0.457 e. The molecule has 1 fully saturated rings. The normalized spacial score (nSPS) is 26.2. The summed E-state index contributed by atoms with van der Waals surface area (Å²) in [5, 5.41) is 11.2. The molecule has 0 spiro atoms. The number of para-hydroxylation sites is 1. The van der Waals surface area contributed by atoms with Crippen LogP contribution in [0.3, 0.4) is 0 Å². The standard InChI is InChI=1S/C22H26O3/c1-21(11-6-16-23)12-14-22(24,15-13-21)18-7-5-10-20(17-18)25-19-8-3-2-4-9-19/h2-5,7-10,16-17,24H,6,11-15H2,1H3. The van der Waals surface area contributed by atoms with Crippen LogP contribution in [-0.4, -0.2) is 11.4 Å². The third kappa shape index (κ3) is 4.29. The quantitative estimate of drug-likeness (QED) is 0.734. The van der Waals surface area contributed by atoms with Gasteiger partial charge >= 0.3 is 0 Å². The summed E-state index contributed by atoms with van der Waals surface area (Å²) in [7, 11) is 0. The minimum absolute atomic E-state index is 0.158. The van der Waals surface area contributed by atoms with Gasteiger partial charge in [0.15, 0.2) is 0 Å². The van der Waals surface area contributed by atoms with Crippen molar-refractivity contribution in [2.75, 3.05) is 0 Å². The SMILES string of the molecule is CC1(CCC=O)CCC(O)(c2cccc(Oc3ccccc3)c2)CC1. The molecule has 0 unspecified atom stereocenters. The second-order valence-corrected chi connectivity index (χ2v) is 7.49. The molecular weight excluding hydrogens is 312 g/mol. The van der Waals surface area contributed by atoms with E-state index in [1.54, 1.807) is 0 Å². The van der Waals surface area contributed by atoms with Gasteiger partial charge in [-0.25, -0.2) is 0 Å². The van der Waals surface area contributed by atoms with E-state index in [0.29, 0.717) is 6.42 Å². The lowest BCUT2D eigenvalue weighted by Gasteiger charge is -2.42. The summed E-state index contributed by atoms with van der Waals surface area (Å²) in [4.78, 5) is 10.7. The number of hydrogen-bond acceptors (Lipinski definition) is 3. The first-order chi connectivity index (χ1) is 12.0. The number of ether oxygens (including phenoxy) is 1. The lowest BCUT2D eigenvalue weighted by Crippen LogP contribution is -2.35. The monoisotopic (exact) mass is 338 g/mol. The van der Waals surface area contributed by atoms with Crippen molar-refractivity contribution in [3.8, 4) is 11.5 Å². The molecule has 1 N–H and O–H groups in total. The van der Waals surface area contributed by atoms with E-state index in [1.807, 2.05) is 54.6 Å². The van der Waals surface area contributed by atoms with Gasteiger partial charge in [-0.3, -0.25) is 0 Å². The molecule has 0 aliphatic heterocycles. The number of rotatable bonds is 6. The number of carbonyl (C=O) groups is 1. The molecule has 0 radical (unpaired) electrons. The van der Waals surface area contributed by atoms with E-state index in [1.165, 1.54) is 0 Å². The second kappa shape index (κ2) is 7.40. The zero-order valence-electron chi connectivity index (χ0n) is 14.8. The highest BCUT2D eigenvalue weighted by molar-refractivity contribution is 5.49. The molecule has 0 bridgehead atoms. The second-order valence-electron chi connectivity index (χ2n) is 7.49. The van der Waals surface area contributed by atoms with Gasteiger partial charge in [0.25, 0.3) is 0 Å². The Labute approximate surface area is 149 Å². The Morgan fingerprint density at radius 2 is 1.68 bits per heavy atom. The van der Waals surface area contributed by atoms with E-state index < -0.39 is 5.60 Å². The Bertz CT molecular complexity index is 700. The van der Waals surface area contributed by atoms with E-state index in [0.717, 1.165) is 55.5 Å². The van der Waals surface area contributed by atoms with Crippen LogP contribution in [0.1, 0.15) is 51.0 Å². The maximum absolute atomic E-state index is 11.2. The molecule has 0 amide bonds. The summed E-state index contributed by atoms with van der Waals surface area (Å²) < 4.78 is 5.90. The van der Waals surface area contributed by atoms with Crippen LogP contribution in [0.25, 0.3) is 0 Å². The predicted molar refractivity (Wildman–Crippen MR) is 98.7 cm³/mol. The van der Waals surface area contributed by atoms with Gasteiger partial charge in [-0.15, -0.1) is 0 Å². The Morgan fingerprint density at radius 3 is 2.36 bits per heavy atom. The molecule has 2 aromatic rings. The molecule has 1 saturated carbocycles. The van der Waals surface area contributed by atoms with Gasteiger partial charge in [0, 0.05) is 6.42 Å². The van der Waals surface area contributed by atoms with Crippen LogP contribution in [0.5, 0.6) is 11.5 Å². The average Bonchev–Trinajstić information content (AvgIpc) is 2.64. The first kappa shape index (κ1) is 17.7. The zero-order valence-corrected chi connectivity index (χ0v) is 14.8. The smallest absolute Gasteiger partial charge is 0.127 e. The lowest BCUT2D eigenvalue weighted by atomic mass is 9.66. The highest BCUT2D eigenvalue weighted by Crippen LogP contribution is 2.47. The molecule has 0 aromatic heterocycles. The molecule has 0 heterocycles. The highest BCUT2D eigenvalue weighted by atomic mass is 16.5. The minimum atomic E-state index is -0.809. The van der Waals surface area contributed by atoms with Crippen LogP contribution >= 0.6 is 0 Å². The summed E-state index contributed by atoms with van der Waals surface area (Å²) in [5.41, 5.74) is 0.264. The van der Waals surface area contributed by atoms with Gasteiger partial charge in [0.05, 0.1) is 5.60 Å². The molecular formula is C22H26O3. The fourth-order valence-electron chi connectivity index (χ4n) is 3.69. The number of aliphatic hydroxyl groups is 1. The predicted octanol–water partition coefficient (Wildman–Crippen LogP) is 5.23. The van der Waals surface area contributed by atoms with Crippen molar-refractivity contribution in [2.45, 2.75) is 51.0 Å². The zero-order chi connectivity index (χ0) is 17.8. The van der Waals surface area contributed by atoms with Crippen LogP contribution in [0.4, 0.5) is 0 Å². The Balaban J connectivity index is 1.71. The van der Waals surface area contributed by atoms with Crippen LogP contribution < -0.4 is 4.74 Å². The molecule has 3 nitrogen and oxygen atoms in total. The van der Waals surface area contributed by atoms with Crippen LogP contribution in [0.15, 0.2) is 54.6 Å². The van der Waals surface area contributed by atoms with E-state index in [4.69, 9.17) is 4.74 Å². The van der Waals surface area contributed by atoms with Crippen LogP contribution in [0, 0.1) is 5.41 Å². The van der Waals surface area contributed by atoms with Crippen molar-refractivity contribution in [1.29, 1.82) is 0 Å². The van der Waals surface area contributed by atoms with Gasteiger partial charge in [-0.2, -0.15) is 0 Å². The number of benzene rings is 2. The first-order valence-electron chi connectivity index (χ1n) is 9.03. The van der Waals surface area contributed by atoms with Crippen molar-refractivity contribution in [3.05, 3.63) is 60.2 Å². The minimum Gasteiger partial charge on any atom is -0.457 e. The molecule has 3 rings (SSSR count). The Morgan fingerprint density at radius 1 is 1.00 bits per heavy atom. The van der Waals surface area contributed by atoms with Crippen molar-refractivity contribution in [3.63, 3.8) is 0 Å². The summed E-state index contributed by atoms with van der Waals surface area (Å²) in [6.07, 6.45) is 5.81. The molecule has 0 atom stereocenters. The van der Waals surface area contributed by atoms with Crippen LogP contribution in [-0.2, 0) is 10.4 Å². The molecule has 2 aromatic carbocycles. The topological polar surface area (TPSA) is 46.5 Å². The third-order valence-electron chi connectivity index (χ3n) is 5.50. The van der Waals surface area contributed by atoms with Gasteiger partial charge in [0.1, 0.15) is 17.8 Å². The molecule has 25 heavy (non-hydrogen) atoms. The summed E-state index contributed by atoms with van der Waals surface area (Å²) >= 11 is 0. The van der Waals surface area contributed by atoms with Gasteiger partial charge < -0.3 is 14.6 Å². The van der Waals surface area contributed by atoms with Crippen LogP contribution in [0.2, 0.25) is 0 Å². The molecule has 1 aliphatic carbocycles. The van der Waals surface area contributed by atoms with Gasteiger partial charge in [-0.1, -0.05) is 37.3 Å². The summed E-state index contributed by atoms with van der Waals surface area (Å²) in [6, 6.07) is 17.4. The molecule has 132 valence electrons. The van der Waals surface area contributed by atoms with E-state index in [-0.39, 0.29) is 5.41 Å². The van der Waals surface area contributed by atoms with E-state index >= 15 is 0 Å². The maximum Gasteiger partial charge on any atom is 0.127 e. The fraction of sp³-hybridized carbons (Fsp3) is 0.409. The summed E-state index contributed by atoms with van der Waals surface area (Å²) in [6.45, 7) is 2.23. The molecule has 3 heteroatoms. The van der Waals surface area contributed by atoms with Crippen molar-refractivity contribution in [2.24, 2.45) is 5.41 Å². The Hall–Kier alpha value is -2.13. The van der Waals surface area contributed by atoms with Crippen molar-refractivity contribution in [1.82, 2.24) is 0 Å². The lowest BCUT2D eigenvalue weighted by molar-refractivity contribution is -0.108. The first-order valence-corrected chi connectivity index (χ1v) is 9.03. The van der Waals surface area contributed by atoms with E-state index in [2.05, 4.69) is 6.92 Å². The van der Waals surface area contributed by atoms with Crippen molar-refractivity contribution < 1.29 is 14.6 Å². The molecule has 1 aliphatic rings. The highest BCUT2D eigenvalue weighted by Gasteiger charge is 2.39. The fourth-order valence-corrected chi connectivity index (χ4v) is 3.69. The number of aldehydes is 1. The maximum atomic E-state index is 11.2. The van der Waals surface area contributed by atoms with Crippen molar-refractivity contribution >= 4 is 6.29 Å². The summed E-state index contributed by atoms with van der Waals surface area (Å²) in [5.74, 6) is 1.53. The Kier molecular flexibility index (Phi) is 5.24. The third-order valence-corrected chi connectivity index (χ3v) is 5.50. The average molecular weight is 338 g/mol. The number of carbonyl (C=O) groups excluding carboxylic acids is 1. The molecule has 0 saturated heterocycles. The van der Waals surface area contributed by atoms with Gasteiger partial charge in [-0.05, 0) is 67.3 Å². The van der Waals surface area contributed by atoms with Gasteiger partial charge in [0.2, 0.25) is 0 Å². The number of hydrogen-bond donors (Lipinski definition) is 1.